The number of nitrogens with two attached hydrogens (primary N) is 1. The molecule has 17 heavy (non-hydrogen) atoms. The maximum atomic E-state index is 11.4. The van der Waals surface area contributed by atoms with E-state index in [0.717, 1.165) is 0 Å². The predicted molar refractivity (Wildman–Crippen MR) is 64.3 cm³/mol. The molecule has 94 valence electrons. The van der Waals surface area contributed by atoms with Crippen molar-refractivity contribution in [3.05, 3.63) is 17.8 Å². The summed E-state index contributed by atoms with van der Waals surface area (Å²) in [4.78, 5) is 15.4. The summed E-state index contributed by atoms with van der Waals surface area (Å²) in [5.41, 5.74) is 5.52. The lowest BCUT2D eigenvalue weighted by Gasteiger charge is -2.16. The molecule has 0 aliphatic rings. The first-order valence-corrected chi connectivity index (χ1v) is 5.54. The molecule has 0 saturated carbocycles. The van der Waals surface area contributed by atoms with Crippen LogP contribution in [0, 0.1) is 0 Å². The molecule has 0 atom stereocenters. The van der Waals surface area contributed by atoms with Crippen molar-refractivity contribution >= 4 is 5.91 Å². The minimum Gasteiger partial charge on any atom is -0.490 e. The highest BCUT2D eigenvalue weighted by Crippen LogP contribution is 2.27. The van der Waals surface area contributed by atoms with Gasteiger partial charge in [0, 0.05) is 6.20 Å². The molecule has 1 rings (SSSR count). The smallest absolute Gasteiger partial charge is 0.258 e. The molecule has 0 spiro atoms. The molecule has 0 aliphatic heterocycles. The van der Waals surface area contributed by atoms with E-state index in [4.69, 9.17) is 15.2 Å². The van der Waals surface area contributed by atoms with Gasteiger partial charge in [-0.05, 0) is 33.8 Å². The van der Waals surface area contributed by atoms with Crippen molar-refractivity contribution in [1.29, 1.82) is 0 Å². The molecule has 1 heterocycles. The standard InChI is InChI=1S/C12H18N2O3/c1-7(2)16-9-5-6-14-12(17-8(3)4)10(9)11(13)15/h5-8H,1-4H3,(H2,13,15). The van der Waals surface area contributed by atoms with E-state index < -0.39 is 5.91 Å². The molecule has 5 nitrogen and oxygen atoms in total. The molecule has 1 aromatic rings. The van der Waals surface area contributed by atoms with Crippen molar-refractivity contribution in [1.82, 2.24) is 4.98 Å². The zero-order valence-corrected chi connectivity index (χ0v) is 10.6. The van der Waals surface area contributed by atoms with Crippen LogP contribution in [0.25, 0.3) is 0 Å². The quantitative estimate of drug-likeness (QED) is 0.848. The number of carbonyl (C=O) groups is 1. The summed E-state index contributed by atoms with van der Waals surface area (Å²) < 4.78 is 10.9. The Balaban J connectivity index is 3.17. The Morgan fingerprint density at radius 1 is 1.24 bits per heavy atom. The Hall–Kier alpha value is -1.78. The Labute approximate surface area is 101 Å². The number of aromatic nitrogens is 1. The number of nitrogens with zero attached hydrogens (tertiary/aromatic N) is 1. The van der Waals surface area contributed by atoms with Gasteiger partial charge < -0.3 is 15.2 Å². The zero-order chi connectivity index (χ0) is 13.0. The van der Waals surface area contributed by atoms with Gasteiger partial charge in [-0.3, -0.25) is 4.79 Å². The lowest BCUT2D eigenvalue weighted by atomic mass is 10.2. The SMILES string of the molecule is CC(C)Oc1ccnc(OC(C)C)c1C(N)=O. The number of primary amides is 1. The maximum absolute atomic E-state index is 11.4. The highest BCUT2D eigenvalue weighted by Gasteiger charge is 2.19. The summed E-state index contributed by atoms with van der Waals surface area (Å²) in [5, 5.41) is 0. The fourth-order valence-corrected chi connectivity index (χ4v) is 1.32. The minimum absolute atomic E-state index is 0.0533. The van der Waals surface area contributed by atoms with Crippen LogP contribution in [0.5, 0.6) is 11.6 Å². The Morgan fingerprint density at radius 2 is 1.82 bits per heavy atom. The van der Waals surface area contributed by atoms with Crippen LogP contribution in [0.3, 0.4) is 0 Å². The molecule has 0 fully saturated rings. The molecular weight excluding hydrogens is 220 g/mol. The average Bonchev–Trinajstić information content (AvgIpc) is 2.14. The first-order chi connectivity index (χ1) is 7.91. The van der Waals surface area contributed by atoms with Gasteiger partial charge in [-0.15, -0.1) is 0 Å². The van der Waals surface area contributed by atoms with E-state index in [1.165, 1.54) is 6.20 Å². The fraction of sp³-hybridized carbons (Fsp3) is 0.500. The van der Waals surface area contributed by atoms with Crippen molar-refractivity contribution in [3.63, 3.8) is 0 Å². The third kappa shape index (κ3) is 3.62. The highest BCUT2D eigenvalue weighted by atomic mass is 16.5. The summed E-state index contributed by atoms with van der Waals surface area (Å²) in [6.45, 7) is 7.44. The van der Waals surface area contributed by atoms with Crippen LogP contribution in [0.1, 0.15) is 38.1 Å². The van der Waals surface area contributed by atoms with Crippen LogP contribution >= 0.6 is 0 Å². The van der Waals surface area contributed by atoms with Crippen LogP contribution in [-0.2, 0) is 0 Å². The number of amides is 1. The van der Waals surface area contributed by atoms with E-state index in [1.807, 2.05) is 27.7 Å². The van der Waals surface area contributed by atoms with Crippen LogP contribution in [0.2, 0.25) is 0 Å². The van der Waals surface area contributed by atoms with Gasteiger partial charge in [-0.25, -0.2) is 4.98 Å². The average molecular weight is 238 g/mol. The van der Waals surface area contributed by atoms with Crippen molar-refractivity contribution < 1.29 is 14.3 Å². The van der Waals surface area contributed by atoms with Gasteiger partial charge in [0.15, 0.2) is 0 Å². The van der Waals surface area contributed by atoms with Crippen LogP contribution < -0.4 is 15.2 Å². The normalized spacial score (nSPS) is 10.7. The molecule has 2 N–H and O–H groups in total. The zero-order valence-electron chi connectivity index (χ0n) is 10.6. The van der Waals surface area contributed by atoms with Gasteiger partial charge in [0.2, 0.25) is 5.88 Å². The first kappa shape index (κ1) is 13.3. The van der Waals surface area contributed by atoms with Gasteiger partial charge in [-0.1, -0.05) is 0 Å². The minimum atomic E-state index is -0.607. The van der Waals surface area contributed by atoms with E-state index in [-0.39, 0.29) is 23.7 Å². The molecule has 0 unspecified atom stereocenters. The summed E-state index contributed by atoms with van der Waals surface area (Å²) in [6.07, 6.45) is 1.39. The summed E-state index contributed by atoms with van der Waals surface area (Å²) in [6, 6.07) is 1.60. The maximum Gasteiger partial charge on any atom is 0.258 e. The number of rotatable bonds is 5. The van der Waals surface area contributed by atoms with Crippen molar-refractivity contribution in [3.8, 4) is 11.6 Å². The van der Waals surface area contributed by atoms with Crippen molar-refractivity contribution in [2.45, 2.75) is 39.9 Å². The monoisotopic (exact) mass is 238 g/mol. The summed E-state index contributed by atoms with van der Waals surface area (Å²) in [7, 11) is 0. The molecule has 0 aromatic carbocycles. The highest BCUT2D eigenvalue weighted by molar-refractivity contribution is 5.97. The van der Waals surface area contributed by atoms with E-state index in [2.05, 4.69) is 4.98 Å². The van der Waals surface area contributed by atoms with Crippen molar-refractivity contribution in [2.75, 3.05) is 0 Å². The van der Waals surface area contributed by atoms with Gasteiger partial charge >= 0.3 is 0 Å². The van der Waals surface area contributed by atoms with Crippen LogP contribution in [0.15, 0.2) is 12.3 Å². The molecule has 1 aromatic heterocycles. The Kier molecular flexibility index (Phi) is 4.31. The Bertz CT molecular complexity index is 374. The summed E-state index contributed by atoms with van der Waals surface area (Å²) >= 11 is 0. The van der Waals surface area contributed by atoms with E-state index in [1.54, 1.807) is 6.07 Å². The van der Waals surface area contributed by atoms with Crippen LogP contribution in [0.4, 0.5) is 0 Å². The second kappa shape index (κ2) is 5.52. The van der Waals surface area contributed by atoms with Gasteiger partial charge in [0.25, 0.3) is 5.91 Å². The molecule has 0 bridgehead atoms. The fourth-order valence-electron chi connectivity index (χ4n) is 1.32. The van der Waals surface area contributed by atoms with Crippen LogP contribution in [-0.4, -0.2) is 23.1 Å². The topological polar surface area (TPSA) is 74.4 Å². The second-order valence-corrected chi connectivity index (χ2v) is 4.19. The lowest BCUT2D eigenvalue weighted by Crippen LogP contribution is -2.19. The molecular formula is C12H18N2O3. The molecule has 0 radical (unpaired) electrons. The Morgan fingerprint density at radius 3 is 2.29 bits per heavy atom. The molecule has 0 saturated heterocycles. The van der Waals surface area contributed by atoms with Crippen molar-refractivity contribution in [2.24, 2.45) is 5.73 Å². The first-order valence-electron chi connectivity index (χ1n) is 5.54. The molecule has 5 heteroatoms. The van der Waals surface area contributed by atoms with Gasteiger partial charge in [-0.2, -0.15) is 0 Å². The lowest BCUT2D eigenvalue weighted by molar-refractivity contribution is 0.0986. The number of hydrogen-bond donors (Lipinski definition) is 1. The van der Waals surface area contributed by atoms with E-state index >= 15 is 0 Å². The largest absolute Gasteiger partial charge is 0.490 e. The third-order valence-electron chi connectivity index (χ3n) is 1.83. The van der Waals surface area contributed by atoms with Gasteiger partial charge in [0.05, 0.1) is 12.2 Å². The number of hydrogen-bond acceptors (Lipinski definition) is 4. The number of carbonyl (C=O) groups excluding carboxylic acids is 1. The van der Waals surface area contributed by atoms with E-state index in [9.17, 15) is 4.79 Å². The third-order valence-corrected chi connectivity index (χ3v) is 1.83. The predicted octanol–water partition coefficient (Wildman–Crippen LogP) is 1.75. The second-order valence-electron chi connectivity index (χ2n) is 4.19. The molecule has 0 aliphatic carbocycles. The number of ether oxygens (including phenoxy) is 2. The van der Waals surface area contributed by atoms with Gasteiger partial charge in [0.1, 0.15) is 11.3 Å². The van der Waals surface area contributed by atoms with E-state index in [0.29, 0.717) is 5.75 Å². The molecule has 1 amide bonds. The summed E-state index contributed by atoms with van der Waals surface area (Å²) in [5.74, 6) is 0.00759. The number of pyridine rings is 1.